The van der Waals surface area contributed by atoms with Crippen LogP contribution in [0.2, 0.25) is 10.0 Å². The quantitative estimate of drug-likeness (QED) is 0.596. The molecule has 0 bridgehead atoms. The van der Waals surface area contributed by atoms with E-state index in [4.69, 9.17) is 23.2 Å². The van der Waals surface area contributed by atoms with E-state index in [2.05, 4.69) is 10.2 Å². The van der Waals surface area contributed by atoms with Crippen molar-refractivity contribution in [3.63, 3.8) is 0 Å². The van der Waals surface area contributed by atoms with Crippen LogP contribution in [0, 0.1) is 11.3 Å². The van der Waals surface area contributed by atoms with Crippen LogP contribution in [0.1, 0.15) is 5.56 Å². The maximum Gasteiger partial charge on any atom is 0.263 e. The molecule has 2 aromatic rings. The van der Waals surface area contributed by atoms with Gasteiger partial charge in [0.05, 0.1) is 0 Å². The standard InChI is InChI=1S/C21H20Cl2N4O/c22-18-6-4-16(5-7-18)14-25-21(28)17(13-24)15-26-8-10-27(11-9-26)20-3-1-2-19(23)12-20/h1-7,12,15H,8-11,14H2,(H,25,28)/b17-15-. The Kier molecular flexibility index (Phi) is 6.80. The van der Waals surface area contributed by atoms with Crippen molar-refractivity contribution < 1.29 is 4.79 Å². The third-order valence-electron chi connectivity index (χ3n) is 4.53. The summed E-state index contributed by atoms with van der Waals surface area (Å²) in [6.07, 6.45) is 1.65. The number of anilines is 1. The summed E-state index contributed by atoms with van der Waals surface area (Å²) in [6, 6.07) is 17.0. The summed E-state index contributed by atoms with van der Waals surface area (Å²) < 4.78 is 0. The molecule has 0 atom stereocenters. The Morgan fingerprint density at radius 2 is 1.79 bits per heavy atom. The van der Waals surface area contributed by atoms with Crippen LogP contribution in [0.3, 0.4) is 0 Å². The van der Waals surface area contributed by atoms with Gasteiger partial charge in [-0.2, -0.15) is 5.26 Å². The fourth-order valence-electron chi connectivity index (χ4n) is 2.98. The molecule has 0 unspecified atom stereocenters. The smallest absolute Gasteiger partial charge is 0.263 e. The molecule has 144 valence electrons. The molecule has 0 spiro atoms. The first-order valence-electron chi connectivity index (χ1n) is 8.94. The van der Waals surface area contributed by atoms with Crippen molar-refractivity contribution in [1.82, 2.24) is 10.2 Å². The maximum atomic E-state index is 12.3. The largest absolute Gasteiger partial charge is 0.373 e. The van der Waals surface area contributed by atoms with Gasteiger partial charge in [0.15, 0.2) is 0 Å². The van der Waals surface area contributed by atoms with E-state index < -0.39 is 0 Å². The number of nitrogens with one attached hydrogen (secondary N) is 1. The van der Waals surface area contributed by atoms with E-state index in [1.54, 1.807) is 18.3 Å². The fraction of sp³-hybridized carbons (Fsp3) is 0.238. The van der Waals surface area contributed by atoms with Crippen molar-refractivity contribution in [3.05, 3.63) is 75.9 Å². The first-order chi connectivity index (χ1) is 13.5. The number of nitriles is 1. The summed E-state index contributed by atoms with van der Waals surface area (Å²) >= 11 is 11.9. The van der Waals surface area contributed by atoms with Crippen molar-refractivity contribution in [2.24, 2.45) is 0 Å². The predicted molar refractivity (Wildman–Crippen MR) is 112 cm³/mol. The number of carbonyl (C=O) groups is 1. The van der Waals surface area contributed by atoms with Crippen LogP contribution >= 0.6 is 23.2 Å². The van der Waals surface area contributed by atoms with Crippen LogP contribution in [0.25, 0.3) is 0 Å². The Bertz CT molecular complexity index is 897. The van der Waals surface area contributed by atoms with Crippen molar-refractivity contribution in [2.45, 2.75) is 6.54 Å². The van der Waals surface area contributed by atoms with Crippen molar-refractivity contribution in [1.29, 1.82) is 5.26 Å². The van der Waals surface area contributed by atoms with E-state index >= 15 is 0 Å². The van der Waals surface area contributed by atoms with Gasteiger partial charge in [-0.15, -0.1) is 0 Å². The SMILES string of the molecule is N#C/C(=C/N1CCN(c2cccc(Cl)c2)CC1)C(=O)NCc1ccc(Cl)cc1. The molecule has 7 heteroatoms. The molecule has 2 aromatic carbocycles. The summed E-state index contributed by atoms with van der Waals surface area (Å²) in [7, 11) is 0. The minimum absolute atomic E-state index is 0.102. The highest BCUT2D eigenvalue weighted by Gasteiger charge is 2.17. The summed E-state index contributed by atoms with van der Waals surface area (Å²) in [5.41, 5.74) is 2.10. The maximum absolute atomic E-state index is 12.3. The average Bonchev–Trinajstić information content (AvgIpc) is 2.72. The molecule has 1 saturated heterocycles. The number of hydrogen-bond acceptors (Lipinski definition) is 4. The lowest BCUT2D eigenvalue weighted by Gasteiger charge is -2.35. The second kappa shape index (κ2) is 9.50. The van der Waals surface area contributed by atoms with Gasteiger partial charge in [0.1, 0.15) is 11.6 Å². The van der Waals surface area contributed by atoms with Gasteiger partial charge in [-0.05, 0) is 35.9 Å². The molecule has 28 heavy (non-hydrogen) atoms. The van der Waals surface area contributed by atoms with Gasteiger partial charge in [-0.25, -0.2) is 0 Å². The molecular weight excluding hydrogens is 395 g/mol. The Labute approximate surface area is 174 Å². The zero-order chi connectivity index (χ0) is 19.9. The van der Waals surface area contributed by atoms with Gasteiger partial charge in [-0.3, -0.25) is 4.79 Å². The van der Waals surface area contributed by atoms with Crippen LogP contribution in [0.5, 0.6) is 0 Å². The van der Waals surface area contributed by atoms with E-state index in [0.717, 1.165) is 37.4 Å². The first kappa shape index (κ1) is 20.1. The zero-order valence-electron chi connectivity index (χ0n) is 15.2. The topological polar surface area (TPSA) is 59.4 Å². The minimum atomic E-state index is -0.380. The lowest BCUT2D eigenvalue weighted by Crippen LogP contribution is -2.44. The van der Waals surface area contributed by atoms with Crippen LogP contribution in [-0.4, -0.2) is 37.0 Å². The highest BCUT2D eigenvalue weighted by molar-refractivity contribution is 6.31. The Morgan fingerprint density at radius 3 is 2.43 bits per heavy atom. The normalized spacial score (nSPS) is 14.5. The number of hydrogen-bond donors (Lipinski definition) is 1. The van der Waals surface area contributed by atoms with E-state index in [1.165, 1.54) is 0 Å². The lowest BCUT2D eigenvalue weighted by atomic mass is 10.2. The molecule has 1 fully saturated rings. The van der Waals surface area contributed by atoms with E-state index in [0.29, 0.717) is 16.6 Å². The Balaban J connectivity index is 1.55. The second-order valence-corrected chi connectivity index (χ2v) is 7.34. The molecule has 0 radical (unpaired) electrons. The number of benzene rings is 2. The number of carbonyl (C=O) groups excluding carboxylic acids is 1. The first-order valence-corrected chi connectivity index (χ1v) is 9.70. The molecule has 1 heterocycles. The van der Waals surface area contributed by atoms with Crippen molar-refractivity contribution in [3.8, 4) is 6.07 Å². The highest BCUT2D eigenvalue weighted by atomic mass is 35.5. The Morgan fingerprint density at radius 1 is 1.07 bits per heavy atom. The summed E-state index contributed by atoms with van der Waals surface area (Å²) in [5, 5.41) is 13.5. The molecule has 0 aliphatic carbocycles. The second-order valence-electron chi connectivity index (χ2n) is 6.47. The summed E-state index contributed by atoms with van der Waals surface area (Å²) in [6.45, 7) is 3.38. The van der Waals surface area contributed by atoms with Gasteiger partial charge < -0.3 is 15.1 Å². The molecule has 5 nitrogen and oxygen atoms in total. The third kappa shape index (κ3) is 5.41. The van der Waals surface area contributed by atoms with E-state index in [9.17, 15) is 10.1 Å². The molecule has 3 rings (SSSR count). The summed E-state index contributed by atoms with van der Waals surface area (Å²) in [5.74, 6) is -0.380. The van der Waals surface area contributed by atoms with Crippen molar-refractivity contribution in [2.75, 3.05) is 31.1 Å². The third-order valence-corrected chi connectivity index (χ3v) is 5.02. The van der Waals surface area contributed by atoms with Gasteiger partial charge >= 0.3 is 0 Å². The van der Waals surface area contributed by atoms with Gasteiger partial charge in [0.25, 0.3) is 5.91 Å². The molecule has 1 aliphatic rings. The van der Waals surface area contributed by atoms with Gasteiger partial charge in [0, 0.05) is 54.7 Å². The number of rotatable bonds is 5. The van der Waals surface area contributed by atoms with Crippen LogP contribution in [0.15, 0.2) is 60.3 Å². The van der Waals surface area contributed by atoms with Gasteiger partial charge in [0.2, 0.25) is 0 Å². The van der Waals surface area contributed by atoms with Crippen LogP contribution < -0.4 is 10.2 Å². The number of nitrogens with zero attached hydrogens (tertiary/aromatic N) is 3. The molecule has 0 aromatic heterocycles. The van der Waals surface area contributed by atoms with Crippen LogP contribution in [0.4, 0.5) is 5.69 Å². The Hall–Kier alpha value is -2.68. The fourth-order valence-corrected chi connectivity index (χ4v) is 3.29. The monoisotopic (exact) mass is 414 g/mol. The van der Waals surface area contributed by atoms with E-state index in [1.807, 2.05) is 47.4 Å². The molecule has 1 amide bonds. The average molecular weight is 415 g/mol. The predicted octanol–water partition coefficient (Wildman–Crippen LogP) is 3.84. The zero-order valence-corrected chi connectivity index (χ0v) is 16.7. The minimum Gasteiger partial charge on any atom is -0.373 e. The molecule has 1 N–H and O–H groups in total. The summed E-state index contributed by atoms with van der Waals surface area (Å²) in [4.78, 5) is 16.6. The number of amides is 1. The lowest BCUT2D eigenvalue weighted by molar-refractivity contribution is -0.117. The highest BCUT2D eigenvalue weighted by Crippen LogP contribution is 2.21. The number of halogens is 2. The van der Waals surface area contributed by atoms with Crippen LogP contribution in [-0.2, 0) is 11.3 Å². The van der Waals surface area contributed by atoms with E-state index in [-0.39, 0.29) is 11.5 Å². The molecule has 1 aliphatic heterocycles. The molecule has 0 saturated carbocycles. The van der Waals surface area contributed by atoms with Crippen molar-refractivity contribution >= 4 is 34.8 Å². The molecular formula is C21H20Cl2N4O. The van der Waals surface area contributed by atoms with Gasteiger partial charge in [-0.1, -0.05) is 41.4 Å². The number of piperazine rings is 1.